The lowest BCUT2D eigenvalue weighted by atomic mass is 10.1. The number of phenolic OH excluding ortho intramolecular Hbond substituents is 1. The summed E-state index contributed by atoms with van der Waals surface area (Å²) in [5.41, 5.74) is 3.02. The van der Waals surface area contributed by atoms with Gasteiger partial charge in [-0.25, -0.2) is 0 Å². The maximum atomic E-state index is 12.2. The van der Waals surface area contributed by atoms with Gasteiger partial charge in [-0.2, -0.15) is 0 Å². The van der Waals surface area contributed by atoms with Gasteiger partial charge in [-0.15, -0.1) is 0 Å². The van der Waals surface area contributed by atoms with Gasteiger partial charge in [-0.1, -0.05) is 23.8 Å². The third kappa shape index (κ3) is 3.40. The van der Waals surface area contributed by atoms with Gasteiger partial charge in [0, 0.05) is 25.2 Å². The number of hydrogen-bond donors (Lipinski definition) is 2. The highest BCUT2D eigenvalue weighted by Crippen LogP contribution is 2.22. The van der Waals surface area contributed by atoms with E-state index in [1.54, 1.807) is 17.0 Å². The Hall–Kier alpha value is -2.82. The molecular weight excluding hydrogens is 304 g/mol. The van der Waals surface area contributed by atoms with E-state index in [2.05, 4.69) is 5.32 Å². The van der Waals surface area contributed by atoms with Crippen LogP contribution in [0.1, 0.15) is 34.3 Å². The highest BCUT2D eigenvalue weighted by Gasteiger charge is 2.21. The van der Waals surface area contributed by atoms with E-state index in [1.807, 2.05) is 31.2 Å². The fraction of sp³-hybridized carbons (Fsp3) is 0.263. The van der Waals surface area contributed by atoms with E-state index in [1.165, 1.54) is 6.07 Å². The van der Waals surface area contributed by atoms with Crippen LogP contribution >= 0.6 is 0 Å². The van der Waals surface area contributed by atoms with Crippen LogP contribution in [0.5, 0.6) is 5.75 Å². The van der Waals surface area contributed by atoms with Crippen molar-refractivity contribution in [1.29, 1.82) is 0 Å². The molecular formula is C19H20N2O3. The summed E-state index contributed by atoms with van der Waals surface area (Å²) in [5, 5.41) is 12.6. The highest BCUT2D eigenvalue weighted by molar-refractivity contribution is 5.97. The first kappa shape index (κ1) is 16.1. The Labute approximate surface area is 140 Å². The second-order valence-corrected chi connectivity index (χ2v) is 6.02. The molecule has 5 nitrogen and oxygen atoms in total. The lowest BCUT2D eigenvalue weighted by molar-refractivity contribution is -0.117. The number of hydrogen-bond acceptors (Lipinski definition) is 3. The molecule has 0 bridgehead atoms. The SMILES string of the molecule is Cc1ccc(O)c(C(=O)NCc2ccc(N3CCCC3=O)cc2)c1. The van der Waals surface area contributed by atoms with Crippen LogP contribution in [0.3, 0.4) is 0 Å². The Bertz CT molecular complexity index is 769. The maximum absolute atomic E-state index is 12.2. The fourth-order valence-electron chi connectivity index (χ4n) is 2.82. The van der Waals surface area contributed by atoms with Gasteiger partial charge in [-0.05, 0) is 43.2 Å². The molecule has 1 heterocycles. The van der Waals surface area contributed by atoms with E-state index in [4.69, 9.17) is 0 Å². The molecule has 0 spiro atoms. The molecule has 2 aromatic rings. The Morgan fingerprint density at radius 2 is 1.96 bits per heavy atom. The van der Waals surface area contributed by atoms with Crippen molar-refractivity contribution in [1.82, 2.24) is 5.32 Å². The minimum Gasteiger partial charge on any atom is -0.507 e. The minimum absolute atomic E-state index is 0.0269. The molecule has 124 valence electrons. The molecule has 24 heavy (non-hydrogen) atoms. The third-order valence-corrected chi connectivity index (χ3v) is 4.17. The van der Waals surface area contributed by atoms with Crippen molar-refractivity contribution in [3.05, 3.63) is 59.2 Å². The van der Waals surface area contributed by atoms with Crippen molar-refractivity contribution in [2.75, 3.05) is 11.4 Å². The first-order valence-electron chi connectivity index (χ1n) is 8.02. The van der Waals surface area contributed by atoms with E-state index in [0.29, 0.717) is 13.0 Å². The summed E-state index contributed by atoms with van der Waals surface area (Å²) >= 11 is 0. The van der Waals surface area contributed by atoms with Crippen LogP contribution in [0.2, 0.25) is 0 Å². The maximum Gasteiger partial charge on any atom is 0.255 e. The van der Waals surface area contributed by atoms with Gasteiger partial charge in [0.2, 0.25) is 5.91 Å². The smallest absolute Gasteiger partial charge is 0.255 e. The molecule has 3 rings (SSSR count). The summed E-state index contributed by atoms with van der Waals surface area (Å²) in [7, 11) is 0. The molecule has 2 aromatic carbocycles. The van der Waals surface area contributed by atoms with E-state index in [-0.39, 0.29) is 23.1 Å². The van der Waals surface area contributed by atoms with E-state index in [0.717, 1.165) is 29.8 Å². The number of carbonyl (C=O) groups excluding carboxylic acids is 2. The molecule has 1 saturated heterocycles. The van der Waals surface area contributed by atoms with E-state index < -0.39 is 0 Å². The quantitative estimate of drug-likeness (QED) is 0.908. The molecule has 2 N–H and O–H groups in total. The average molecular weight is 324 g/mol. The molecule has 1 fully saturated rings. The van der Waals surface area contributed by atoms with Crippen LogP contribution in [0, 0.1) is 6.92 Å². The molecule has 1 aliphatic rings. The van der Waals surface area contributed by atoms with Gasteiger partial charge in [0.25, 0.3) is 5.91 Å². The number of amides is 2. The van der Waals surface area contributed by atoms with Crippen LogP contribution in [0.4, 0.5) is 5.69 Å². The Morgan fingerprint density at radius 3 is 2.62 bits per heavy atom. The first-order valence-corrected chi connectivity index (χ1v) is 8.02. The fourth-order valence-corrected chi connectivity index (χ4v) is 2.82. The number of aromatic hydroxyl groups is 1. The number of nitrogens with one attached hydrogen (secondary N) is 1. The van der Waals surface area contributed by atoms with E-state index in [9.17, 15) is 14.7 Å². The zero-order chi connectivity index (χ0) is 17.1. The van der Waals surface area contributed by atoms with Crippen molar-refractivity contribution in [2.24, 2.45) is 0 Å². The second kappa shape index (κ2) is 6.74. The molecule has 1 aliphatic heterocycles. The summed E-state index contributed by atoms with van der Waals surface area (Å²) in [6.45, 7) is 3.00. The molecule has 0 unspecified atom stereocenters. The molecule has 0 aromatic heterocycles. The highest BCUT2D eigenvalue weighted by atomic mass is 16.3. The predicted molar refractivity (Wildman–Crippen MR) is 92.0 cm³/mol. The topological polar surface area (TPSA) is 69.6 Å². The Balaban J connectivity index is 1.63. The monoisotopic (exact) mass is 324 g/mol. The lowest BCUT2D eigenvalue weighted by Gasteiger charge is -2.16. The predicted octanol–water partition coefficient (Wildman–Crippen LogP) is 2.76. The van der Waals surface area contributed by atoms with Gasteiger partial charge < -0.3 is 15.3 Å². The van der Waals surface area contributed by atoms with Crippen LogP contribution in [-0.2, 0) is 11.3 Å². The summed E-state index contributed by atoms with van der Waals surface area (Å²) in [5.74, 6) is -0.179. The van der Waals surface area contributed by atoms with Crippen LogP contribution in [0.15, 0.2) is 42.5 Å². The number of phenols is 1. The largest absolute Gasteiger partial charge is 0.507 e. The number of anilines is 1. The van der Waals surface area contributed by atoms with Crippen molar-refractivity contribution in [3.63, 3.8) is 0 Å². The number of carbonyl (C=O) groups is 2. The molecule has 5 heteroatoms. The molecule has 2 amide bonds. The van der Waals surface area contributed by atoms with Gasteiger partial charge >= 0.3 is 0 Å². The van der Waals surface area contributed by atoms with Crippen molar-refractivity contribution >= 4 is 17.5 Å². The number of nitrogens with zero attached hydrogens (tertiary/aromatic N) is 1. The van der Waals surface area contributed by atoms with Gasteiger partial charge in [0.1, 0.15) is 5.75 Å². The first-order chi connectivity index (χ1) is 11.5. The summed E-state index contributed by atoms with van der Waals surface area (Å²) in [6, 6.07) is 12.5. The Morgan fingerprint density at radius 1 is 1.21 bits per heavy atom. The lowest BCUT2D eigenvalue weighted by Crippen LogP contribution is -2.24. The third-order valence-electron chi connectivity index (χ3n) is 4.17. The zero-order valence-electron chi connectivity index (χ0n) is 13.6. The number of aryl methyl sites for hydroxylation is 1. The number of rotatable bonds is 4. The normalized spacial score (nSPS) is 14.0. The minimum atomic E-state index is -0.310. The summed E-state index contributed by atoms with van der Waals surface area (Å²) in [4.78, 5) is 25.7. The Kier molecular flexibility index (Phi) is 4.51. The van der Waals surface area contributed by atoms with Gasteiger partial charge in [0.15, 0.2) is 0 Å². The van der Waals surface area contributed by atoms with Gasteiger partial charge in [0.05, 0.1) is 5.56 Å². The molecule has 0 atom stereocenters. The van der Waals surface area contributed by atoms with Crippen molar-refractivity contribution in [3.8, 4) is 5.75 Å². The number of benzene rings is 2. The molecule has 0 saturated carbocycles. The summed E-state index contributed by atoms with van der Waals surface area (Å²) in [6.07, 6.45) is 1.51. The van der Waals surface area contributed by atoms with E-state index >= 15 is 0 Å². The van der Waals surface area contributed by atoms with Crippen LogP contribution < -0.4 is 10.2 Å². The van der Waals surface area contributed by atoms with Crippen LogP contribution in [0.25, 0.3) is 0 Å². The molecule has 0 radical (unpaired) electrons. The molecule has 0 aliphatic carbocycles. The zero-order valence-corrected chi connectivity index (χ0v) is 13.6. The summed E-state index contributed by atoms with van der Waals surface area (Å²) < 4.78 is 0. The second-order valence-electron chi connectivity index (χ2n) is 6.02. The van der Waals surface area contributed by atoms with Gasteiger partial charge in [-0.3, -0.25) is 9.59 Å². The van der Waals surface area contributed by atoms with Crippen molar-refractivity contribution in [2.45, 2.75) is 26.3 Å². The standard InChI is InChI=1S/C19H20N2O3/c1-13-4-9-17(22)16(11-13)19(24)20-12-14-5-7-15(8-6-14)21-10-2-3-18(21)23/h4-9,11,22H,2-3,10,12H2,1H3,(H,20,24). The average Bonchev–Trinajstić information content (AvgIpc) is 3.01. The van der Waals surface area contributed by atoms with Crippen molar-refractivity contribution < 1.29 is 14.7 Å². The van der Waals surface area contributed by atoms with Crippen LogP contribution in [-0.4, -0.2) is 23.5 Å².